The molecule has 15 heavy (non-hydrogen) atoms. The van der Waals surface area contributed by atoms with E-state index in [2.05, 4.69) is 0 Å². The van der Waals surface area contributed by atoms with Gasteiger partial charge in [-0.3, -0.25) is 4.79 Å². The smallest absolute Gasteiger partial charge is 0.263 e. The highest BCUT2D eigenvalue weighted by molar-refractivity contribution is 6.07. The molecule has 0 aromatic heterocycles. The fourth-order valence-electron chi connectivity index (χ4n) is 2.63. The van der Waals surface area contributed by atoms with E-state index in [1.165, 1.54) is 5.56 Å². The molecule has 0 aliphatic carbocycles. The molecule has 1 amide bonds. The van der Waals surface area contributed by atoms with Gasteiger partial charge in [-0.15, -0.1) is 0 Å². The third-order valence-corrected chi connectivity index (χ3v) is 3.40. The normalized spacial score (nSPS) is 28.1. The molecule has 0 saturated carbocycles. The first-order valence-corrected chi connectivity index (χ1v) is 5.29. The van der Waals surface area contributed by atoms with Crippen molar-refractivity contribution in [3.05, 3.63) is 29.3 Å². The quantitative estimate of drug-likeness (QED) is 0.688. The van der Waals surface area contributed by atoms with Gasteiger partial charge in [0, 0.05) is 12.1 Å². The number of para-hydroxylation sites is 1. The molecule has 78 valence electrons. The Morgan fingerprint density at radius 2 is 2.27 bits per heavy atom. The summed E-state index contributed by atoms with van der Waals surface area (Å²) in [6.07, 6.45) is 1.99. The maximum absolute atomic E-state index is 12.0. The van der Waals surface area contributed by atoms with Crippen molar-refractivity contribution in [1.29, 1.82) is 0 Å². The first kappa shape index (κ1) is 8.92. The van der Waals surface area contributed by atoms with Crippen molar-refractivity contribution >= 4 is 11.6 Å². The Morgan fingerprint density at radius 3 is 3.07 bits per heavy atom. The molecule has 2 aliphatic rings. The molecule has 1 aromatic carbocycles. The third kappa shape index (κ3) is 0.960. The van der Waals surface area contributed by atoms with Crippen LogP contribution in [-0.4, -0.2) is 17.6 Å². The summed E-state index contributed by atoms with van der Waals surface area (Å²) < 4.78 is 0. The lowest BCUT2D eigenvalue weighted by Crippen LogP contribution is -2.39. The molecule has 0 bridgehead atoms. The minimum absolute atomic E-state index is 0.176. The van der Waals surface area contributed by atoms with Gasteiger partial charge in [0.25, 0.3) is 5.91 Å². The summed E-state index contributed by atoms with van der Waals surface area (Å²) in [5.74, 6) is -0.176. The Morgan fingerprint density at radius 1 is 1.47 bits per heavy atom. The molecule has 0 saturated heterocycles. The van der Waals surface area contributed by atoms with E-state index in [1.807, 2.05) is 18.2 Å². The minimum atomic E-state index is -1.32. The number of rotatable bonds is 0. The lowest BCUT2D eigenvalue weighted by atomic mass is 9.94. The Bertz CT molecular complexity index is 451. The third-order valence-electron chi connectivity index (χ3n) is 3.40. The van der Waals surface area contributed by atoms with Crippen LogP contribution in [0.15, 0.2) is 18.2 Å². The number of benzene rings is 1. The van der Waals surface area contributed by atoms with Crippen molar-refractivity contribution in [2.45, 2.75) is 25.4 Å². The van der Waals surface area contributed by atoms with Crippen molar-refractivity contribution in [1.82, 2.24) is 0 Å². The molecule has 0 spiro atoms. The zero-order valence-corrected chi connectivity index (χ0v) is 8.66. The number of hydrogen-bond donors (Lipinski definition) is 1. The fourth-order valence-corrected chi connectivity index (χ4v) is 2.63. The number of aliphatic hydroxyl groups is 1. The topological polar surface area (TPSA) is 40.5 Å². The maximum atomic E-state index is 12.0. The highest BCUT2D eigenvalue weighted by atomic mass is 16.3. The fraction of sp³-hybridized carbons (Fsp3) is 0.417. The summed E-state index contributed by atoms with van der Waals surface area (Å²) in [6.45, 7) is 2.32. The van der Waals surface area contributed by atoms with Crippen molar-refractivity contribution in [3.63, 3.8) is 0 Å². The van der Waals surface area contributed by atoms with Gasteiger partial charge in [0.05, 0.1) is 5.69 Å². The van der Waals surface area contributed by atoms with Crippen LogP contribution in [0.25, 0.3) is 0 Å². The standard InChI is InChI=1S/C12H13NO2/c1-12(15)9-6-2-4-8-5-3-7-13(10(8)9)11(12)14/h2,4,6,15H,3,5,7H2,1H3. The first-order chi connectivity index (χ1) is 7.12. The van der Waals surface area contributed by atoms with Crippen molar-refractivity contribution in [3.8, 4) is 0 Å². The van der Waals surface area contributed by atoms with Gasteiger partial charge in [0.2, 0.25) is 0 Å². The predicted octanol–water partition coefficient (Wildman–Crippen LogP) is 1.19. The van der Waals surface area contributed by atoms with Gasteiger partial charge in [-0.05, 0) is 25.3 Å². The Hall–Kier alpha value is -1.35. The molecule has 2 heterocycles. The number of carbonyl (C=O) groups is 1. The number of nitrogens with zero attached hydrogens (tertiary/aromatic N) is 1. The predicted molar refractivity (Wildman–Crippen MR) is 56.7 cm³/mol. The molecule has 2 aliphatic heterocycles. The number of carbonyl (C=O) groups excluding carboxylic acids is 1. The van der Waals surface area contributed by atoms with Crippen LogP contribution in [0, 0.1) is 0 Å². The van der Waals surface area contributed by atoms with Crippen LogP contribution in [0.2, 0.25) is 0 Å². The summed E-state index contributed by atoms with van der Waals surface area (Å²) in [5.41, 5.74) is 1.59. The van der Waals surface area contributed by atoms with Crippen LogP contribution in [-0.2, 0) is 16.8 Å². The van der Waals surface area contributed by atoms with E-state index in [4.69, 9.17) is 0 Å². The molecule has 1 unspecified atom stereocenters. The van der Waals surface area contributed by atoms with Crippen LogP contribution in [0.1, 0.15) is 24.5 Å². The number of aryl methyl sites for hydroxylation is 1. The van der Waals surface area contributed by atoms with E-state index in [-0.39, 0.29) is 5.91 Å². The van der Waals surface area contributed by atoms with Gasteiger partial charge in [-0.25, -0.2) is 0 Å². The van der Waals surface area contributed by atoms with Gasteiger partial charge >= 0.3 is 0 Å². The molecular weight excluding hydrogens is 190 g/mol. The SMILES string of the molecule is CC1(O)C(=O)N2CCCc3cccc1c32. The van der Waals surface area contributed by atoms with Crippen molar-refractivity contribution < 1.29 is 9.90 Å². The van der Waals surface area contributed by atoms with E-state index in [0.717, 1.165) is 30.6 Å². The lowest BCUT2D eigenvalue weighted by molar-refractivity contribution is -0.134. The number of anilines is 1. The highest BCUT2D eigenvalue weighted by Crippen LogP contribution is 2.44. The molecule has 1 atom stereocenters. The van der Waals surface area contributed by atoms with E-state index in [9.17, 15) is 9.90 Å². The molecule has 1 N–H and O–H groups in total. The number of amides is 1. The van der Waals surface area contributed by atoms with Crippen LogP contribution < -0.4 is 4.90 Å². The summed E-state index contributed by atoms with van der Waals surface area (Å²) in [6, 6.07) is 5.81. The second-order valence-corrected chi connectivity index (χ2v) is 4.45. The summed E-state index contributed by atoms with van der Waals surface area (Å²) in [7, 11) is 0. The minimum Gasteiger partial charge on any atom is -0.375 e. The van der Waals surface area contributed by atoms with E-state index in [1.54, 1.807) is 11.8 Å². The monoisotopic (exact) mass is 203 g/mol. The van der Waals surface area contributed by atoms with Crippen LogP contribution >= 0.6 is 0 Å². The van der Waals surface area contributed by atoms with E-state index in [0.29, 0.717) is 0 Å². The Balaban J connectivity index is 2.31. The Kier molecular flexibility index (Phi) is 1.55. The van der Waals surface area contributed by atoms with Crippen LogP contribution in [0.4, 0.5) is 5.69 Å². The second kappa shape index (κ2) is 2.61. The zero-order chi connectivity index (χ0) is 10.6. The van der Waals surface area contributed by atoms with Gasteiger partial charge in [-0.1, -0.05) is 18.2 Å². The van der Waals surface area contributed by atoms with E-state index < -0.39 is 5.60 Å². The largest absolute Gasteiger partial charge is 0.375 e. The van der Waals surface area contributed by atoms with Gasteiger partial charge < -0.3 is 10.0 Å². The van der Waals surface area contributed by atoms with Crippen molar-refractivity contribution in [2.75, 3.05) is 11.4 Å². The zero-order valence-electron chi connectivity index (χ0n) is 8.66. The van der Waals surface area contributed by atoms with E-state index >= 15 is 0 Å². The number of hydrogen-bond acceptors (Lipinski definition) is 2. The molecule has 1 aromatic rings. The molecule has 0 radical (unpaired) electrons. The molecule has 3 nitrogen and oxygen atoms in total. The molecule has 3 heteroatoms. The molecular formula is C12H13NO2. The molecule has 0 fully saturated rings. The van der Waals surface area contributed by atoms with Crippen LogP contribution in [0.3, 0.4) is 0 Å². The summed E-state index contributed by atoms with van der Waals surface area (Å²) in [4.78, 5) is 13.7. The first-order valence-electron chi connectivity index (χ1n) is 5.29. The maximum Gasteiger partial charge on any atom is 0.263 e. The van der Waals surface area contributed by atoms with Crippen molar-refractivity contribution in [2.24, 2.45) is 0 Å². The average molecular weight is 203 g/mol. The highest BCUT2D eigenvalue weighted by Gasteiger charge is 2.47. The Labute approximate surface area is 88.3 Å². The van der Waals surface area contributed by atoms with Crippen LogP contribution in [0.5, 0.6) is 0 Å². The van der Waals surface area contributed by atoms with Gasteiger partial charge in [-0.2, -0.15) is 0 Å². The average Bonchev–Trinajstić information content (AvgIpc) is 2.43. The van der Waals surface area contributed by atoms with Gasteiger partial charge in [0.15, 0.2) is 5.60 Å². The van der Waals surface area contributed by atoms with Gasteiger partial charge in [0.1, 0.15) is 0 Å². The molecule has 3 rings (SSSR count). The summed E-state index contributed by atoms with van der Waals surface area (Å²) >= 11 is 0. The summed E-state index contributed by atoms with van der Waals surface area (Å²) in [5, 5.41) is 10.2. The lowest BCUT2D eigenvalue weighted by Gasteiger charge is -2.25. The second-order valence-electron chi connectivity index (χ2n) is 4.45.